The molecule has 0 saturated heterocycles. The smallest absolute Gasteiger partial charge is 0.263 e. The van der Waals surface area contributed by atoms with E-state index >= 15 is 0 Å². The molecule has 4 heteroatoms. The van der Waals surface area contributed by atoms with Crippen molar-refractivity contribution in [3.05, 3.63) is 29.7 Å². The Balaban J connectivity index is 2.78. The molecular weight excluding hydrogens is 180 g/mol. The molecule has 0 N–H and O–H groups in total. The number of nitriles is 1. The maximum atomic E-state index is 11.0. The summed E-state index contributed by atoms with van der Waals surface area (Å²) in [4.78, 5) is 14.9. The molecule has 0 unspecified atom stereocenters. The third-order valence-corrected chi connectivity index (χ3v) is 1.84. The van der Waals surface area contributed by atoms with Gasteiger partial charge < -0.3 is 4.42 Å². The van der Waals surface area contributed by atoms with Crippen LogP contribution in [0, 0.1) is 11.3 Å². The summed E-state index contributed by atoms with van der Waals surface area (Å²) in [5.74, 6) is -0.201. The quantitative estimate of drug-likeness (QED) is 0.638. The number of aromatic nitrogens is 1. The number of nitrogens with zero attached hydrogens (tertiary/aromatic N) is 2. The predicted octanol–water partition coefficient (Wildman–Crippen LogP) is 1.90. The molecule has 2 aromatic rings. The number of carbonyl (C=O) groups is 1. The molecule has 1 heterocycles. The molecule has 0 atom stereocenters. The summed E-state index contributed by atoms with van der Waals surface area (Å²) in [6.07, 6.45) is 0. The minimum absolute atomic E-state index is 0.0442. The van der Waals surface area contributed by atoms with E-state index in [1.807, 2.05) is 6.07 Å². The molecule has 0 radical (unpaired) electrons. The SMILES string of the molecule is CC(=O)c1nc2cccc(C#N)c2o1. The first kappa shape index (κ1) is 8.45. The summed E-state index contributed by atoms with van der Waals surface area (Å²) in [5.41, 5.74) is 1.30. The second-order valence-electron chi connectivity index (χ2n) is 2.84. The highest BCUT2D eigenvalue weighted by Crippen LogP contribution is 2.19. The molecule has 4 nitrogen and oxygen atoms in total. The van der Waals surface area contributed by atoms with E-state index in [9.17, 15) is 4.79 Å². The van der Waals surface area contributed by atoms with Crippen molar-refractivity contribution in [2.75, 3.05) is 0 Å². The average molecular weight is 186 g/mol. The third kappa shape index (κ3) is 1.15. The lowest BCUT2D eigenvalue weighted by Gasteiger charge is -1.87. The Labute approximate surface area is 79.8 Å². The van der Waals surface area contributed by atoms with Crippen LogP contribution in [0.15, 0.2) is 22.6 Å². The molecule has 14 heavy (non-hydrogen) atoms. The van der Waals surface area contributed by atoms with E-state index in [1.165, 1.54) is 6.92 Å². The Hall–Kier alpha value is -2.15. The number of fused-ring (bicyclic) bond motifs is 1. The van der Waals surface area contributed by atoms with Crippen LogP contribution < -0.4 is 0 Å². The Morgan fingerprint density at radius 2 is 2.36 bits per heavy atom. The lowest BCUT2D eigenvalue weighted by Crippen LogP contribution is -1.89. The summed E-state index contributed by atoms with van der Waals surface area (Å²) in [6.45, 7) is 1.37. The summed E-state index contributed by atoms with van der Waals surface area (Å²) in [5, 5.41) is 8.76. The van der Waals surface area contributed by atoms with Crippen molar-refractivity contribution in [2.45, 2.75) is 6.92 Å². The molecule has 1 aromatic heterocycles. The largest absolute Gasteiger partial charge is 0.432 e. The summed E-state index contributed by atoms with van der Waals surface area (Å²) < 4.78 is 5.17. The molecule has 2 rings (SSSR count). The monoisotopic (exact) mass is 186 g/mol. The topological polar surface area (TPSA) is 66.9 Å². The fraction of sp³-hybridized carbons (Fsp3) is 0.100. The lowest BCUT2D eigenvalue weighted by molar-refractivity contribution is 0.0983. The molecule has 0 amide bonds. The number of hydrogen-bond acceptors (Lipinski definition) is 4. The molecule has 1 aromatic carbocycles. The highest BCUT2D eigenvalue weighted by Gasteiger charge is 2.11. The van der Waals surface area contributed by atoms with Crippen LogP contribution in [-0.2, 0) is 0 Å². The van der Waals surface area contributed by atoms with Gasteiger partial charge in [0.25, 0.3) is 5.89 Å². The second kappa shape index (κ2) is 2.96. The number of rotatable bonds is 1. The van der Waals surface area contributed by atoms with Crippen LogP contribution in [-0.4, -0.2) is 10.8 Å². The van der Waals surface area contributed by atoms with Gasteiger partial charge in [0, 0.05) is 6.92 Å². The van der Waals surface area contributed by atoms with Crippen molar-refractivity contribution in [2.24, 2.45) is 0 Å². The van der Waals surface area contributed by atoms with Crippen LogP contribution in [0.5, 0.6) is 0 Å². The third-order valence-electron chi connectivity index (χ3n) is 1.84. The minimum Gasteiger partial charge on any atom is -0.432 e. The molecule has 0 aliphatic carbocycles. The van der Waals surface area contributed by atoms with Crippen molar-refractivity contribution in [3.8, 4) is 6.07 Å². The standard InChI is InChI=1S/C10H6N2O2/c1-6(13)10-12-8-4-2-3-7(5-11)9(8)14-10/h2-4H,1H3. The summed E-state index contributed by atoms with van der Waals surface area (Å²) >= 11 is 0. The normalized spacial score (nSPS) is 10.0. The maximum Gasteiger partial charge on any atom is 0.263 e. The Morgan fingerprint density at radius 1 is 1.57 bits per heavy atom. The van der Waals surface area contributed by atoms with E-state index in [-0.39, 0.29) is 11.7 Å². The van der Waals surface area contributed by atoms with Crippen molar-refractivity contribution < 1.29 is 9.21 Å². The summed E-state index contributed by atoms with van der Waals surface area (Å²) in [6, 6.07) is 7.00. The van der Waals surface area contributed by atoms with Crippen molar-refractivity contribution >= 4 is 16.9 Å². The van der Waals surface area contributed by atoms with Gasteiger partial charge in [0.15, 0.2) is 5.58 Å². The van der Waals surface area contributed by atoms with Gasteiger partial charge in [-0.3, -0.25) is 4.79 Å². The lowest BCUT2D eigenvalue weighted by atomic mass is 10.2. The fourth-order valence-corrected chi connectivity index (χ4v) is 1.19. The first-order valence-electron chi connectivity index (χ1n) is 4.03. The van der Waals surface area contributed by atoms with Crippen LogP contribution in [0.1, 0.15) is 23.2 Å². The van der Waals surface area contributed by atoms with Gasteiger partial charge in [-0.05, 0) is 12.1 Å². The van der Waals surface area contributed by atoms with Crippen molar-refractivity contribution in [1.82, 2.24) is 4.98 Å². The van der Waals surface area contributed by atoms with Gasteiger partial charge in [0.2, 0.25) is 5.78 Å². The second-order valence-corrected chi connectivity index (χ2v) is 2.84. The number of Topliss-reactive ketones (excluding diaryl/α,β-unsaturated/α-hetero) is 1. The molecule has 0 aliphatic rings. The number of carbonyl (C=O) groups excluding carboxylic acids is 1. The van der Waals surface area contributed by atoms with Crippen LogP contribution in [0.25, 0.3) is 11.1 Å². The molecule has 68 valence electrons. The predicted molar refractivity (Wildman–Crippen MR) is 48.7 cm³/mol. The molecule has 0 saturated carbocycles. The molecular formula is C10H6N2O2. The number of benzene rings is 1. The Kier molecular flexibility index (Phi) is 1.79. The minimum atomic E-state index is -0.245. The van der Waals surface area contributed by atoms with E-state index in [4.69, 9.17) is 9.68 Å². The zero-order chi connectivity index (χ0) is 10.1. The van der Waals surface area contributed by atoms with Gasteiger partial charge in [-0.2, -0.15) is 5.26 Å². The molecule has 0 fully saturated rings. The van der Waals surface area contributed by atoms with Gasteiger partial charge >= 0.3 is 0 Å². The van der Waals surface area contributed by atoms with Crippen LogP contribution >= 0.6 is 0 Å². The average Bonchev–Trinajstić information content (AvgIpc) is 2.60. The van der Waals surface area contributed by atoms with E-state index in [2.05, 4.69) is 4.98 Å². The van der Waals surface area contributed by atoms with Crippen LogP contribution in [0.3, 0.4) is 0 Å². The van der Waals surface area contributed by atoms with Crippen molar-refractivity contribution in [3.63, 3.8) is 0 Å². The number of hydrogen-bond donors (Lipinski definition) is 0. The van der Waals surface area contributed by atoms with Gasteiger partial charge in [0.1, 0.15) is 11.6 Å². The van der Waals surface area contributed by atoms with E-state index in [0.29, 0.717) is 16.7 Å². The van der Waals surface area contributed by atoms with Gasteiger partial charge in [-0.25, -0.2) is 4.98 Å². The zero-order valence-corrected chi connectivity index (χ0v) is 7.44. The molecule has 0 aliphatic heterocycles. The number of ketones is 1. The van der Waals surface area contributed by atoms with Crippen molar-refractivity contribution in [1.29, 1.82) is 5.26 Å². The van der Waals surface area contributed by atoms with Gasteiger partial charge in [0.05, 0.1) is 5.56 Å². The Morgan fingerprint density at radius 3 is 3.00 bits per heavy atom. The Bertz CT molecular complexity index is 549. The van der Waals surface area contributed by atoms with E-state index in [1.54, 1.807) is 18.2 Å². The van der Waals surface area contributed by atoms with E-state index in [0.717, 1.165) is 0 Å². The van der Waals surface area contributed by atoms with Gasteiger partial charge in [-0.15, -0.1) is 0 Å². The maximum absolute atomic E-state index is 11.0. The van der Waals surface area contributed by atoms with E-state index < -0.39 is 0 Å². The van der Waals surface area contributed by atoms with Crippen LogP contribution in [0.4, 0.5) is 0 Å². The molecule has 0 spiro atoms. The fourth-order valence-electron chi connectivity index (χ4n) is 1.19. The number of oxazole rings is 1. The zero-order valence-electron chi connectivity index (χ0n) is 7.44. The molecule has 0 bridgehead atoms. The number of para-hydroxylation sites is 1. The van der Waals surface area contributed by atoms with Gasteiger partial charge in [-0.1, -0.05) is 6.07 Å². The first-order valence-corrected chi connectivity index (χ1v) is 4.03. The first-order chi connectivity index (χ1) is 6.72. The van der Waals surface area contributed by atoms with Crippen LogP contribution in [0.2, 0.25) is 0 Å². The highest BCUT2D eigenvalue weighted by molar-refractivity contribution is 5.93. The highest BCUT2D eigenvalue weighted by atomic mass is 16.4. The summed E-state index contributed by atoms with van der Waals surface area (Å²) in [7, 11) is 0.